The molecular formula is C16H22N4O3S. The van der Waals surface area contributed by atoms with Crippen molar-refractivity contribution in [1.29, 1.82) is 0 Å². The number of thiophene rings is 1. The molecule has 0 saturated carbocycles. The summed E-state index contributed by atoms with van der Waals surface area (Å²) in [5, 5.41) is 10.4. The Morgan fingerprint density at radius 2 is 2.21 bits per heavy atom. The summed E-state index contributed by atoms with van der Waals surface area (Å²) in [4.78, 5) is 27.4. The van der Waals surface area contributed by atoms with Gasteiger partial charge in [-0.2, -0.15) is 5.10 Å². The molecule has 1 saturated heterocycles. The van der Waals surface area contributed by atoms with Gasteiger partial charge < -0.3 is 10.1 Å². The molecule has 1 aromatic heterocycles. The Kier molecular flexibility index (Phi) is 5.60. The van der Waals surface area contributed by atoms with Crippen molar-refractivity contribution in [3.63, 3.8) is 0 Å². The first-order chi connectivity index (χ1) is 11.6. The first kappa shape index (κ1) is 17.1. The number of ether oxygens (including phenoxy) is 1. The Morgan fingerprint density at radius 3 is 2.88 bits per heavy atom. The van der Waals surface area contributed by atoms with E-state index in [1.807, 2.05) is 6.07 Å². The van der Waals surface area contributed by atoms with Gasteiger partial charge in [0.1, 0.15) is 5.71 Å². The average Bonchev–Trinajstić information content (AvgIpc) is 3.12. The van der Waals surface area contributed by atoms with E-state index in [1.54, 1.807) is 18.4 Å². The van der Waals surface area contributed by atoms with Crippen LogP contribution in [0.5, 0.6) is 0 Å². The third kappa shape index (κ3) is 4.00. The summed E-state index contributed by atoms with van der Waals surface area (Å²) >= 11 is 1.70. The number of nitrogens with one attached hydrogen (secondary N) is 1. The van der Waals surface area contributed by atoms with Gasteiger partial charge in [-0.1, -0.05) is 6.07 Å². The fourth-order valence-electron chi connectivity index (χ4n) is 2.90. The maximum atomic E-state index is 12.4. The van der Waals surface area contributed by atoms with E-state index >= 15 is 0 Å². The van der Waals surface area contributed by atoms with Crippen molar-refractivity contribution in [2.24, 2.45) is 5.10 Å². The van der Waals surface area contributed by atoms with Gasteiger partial charge in [0.15, 0.2) is 0 Å². The quantitative estimate of drug-likeness (QED) is 0.854. The number of amides is 2. The number of carbonyl (C=O) groups is 2. The summed E-state index contributed by atoms with van der Waals surface area (Å²) < 4.78 is 5.43. The van der Waals surface area contributed by atoms with Gasteiger partial charge in [0, 0.05) is 44.4 Å². The highest BCUT2D eigenvalue weighted by Gasteiger charge is 2.26. The number of morpholine rings is 1. The molecule has 2 aliphatic heterocycles. The molecule has 0 spiro atoms. The number of hydrazone groups is 1. The van der Waals surface area contributed by atoms with Crippen LogP contribution in [-0.4, -0.2) is 67.3 Å². The van der Waals surface area contributed by atoms with Crippen LogP contribution in [0.25, 0.3) is 0 Å². The lowest BCUT2D eigenvalue weighted by atomic mass is 10.1. The average molecular weight is 350 g/mol. The van der Waals surface area contributed by atoms with Crippen LogP contribution in [0.15, 0.2) is 22.6 Å². The molecule has 1 atom stereocenters. The fraction of sp³-hybridized carbons (Fsp3) is 0.562. The van der Waals surface area contributed by atoms with Crippen LogP contribution in [0.1, 0.15) is 23.8 Å². The van der Waals surface area contributed by atoms with Crippen molar-refractivity contribution in [3.8, 4) is 0 Å². The van der Waals surface area contributed by atoms with Crippen molar-refractivity contribution in [1.82, 2.24) is 15.2 Å². The van der Waals surface area contributed by atoms with E-state index in [0.717, 1.165) is 26.3 Å². The largest absolute Gasteiger partial charge is 0.379 e. The number of nitrogens with zero attached hydrogens (tertiary/aromatic N) is 3. The molecule has 2 amide bonds. The Balaban J connectivity index is 1.64. The SMILES string of the molecule is CN1N=C(C(=O)NCC(c2cccs2)N2CCOCC2)CCC1=O. The van der Waals surface area contributed by atoms with Gasteiger partial charge in [0.05, 0.1) is 19.3 Å². The summed E-state index contributed by atoms with van der Waals surface area (Å²) in [5.41, 5.74) is 0.420. The van der Waals surface area contributed by atoms with Crippen molar-refractivity contribution in [2.75, 3.05) is 39.9 Å². The second-order valence-electron chi connectivity index (χ2n) is 5.85. The molecule has 1 fully saturated rings. The fourth-order valence-corrected chi connectivity index (χ4v) is 3.76. The number of rotatable bonds is 5. The molecule has 3 heterocycles. The minimum Gasteiger partial charge on any atom is -0.379 e. The van der Waals surface area contributed by atoms with E-state index in [0.29, 0.717) is 25.1 Å². The van der Waals surface area contributed by atoms with Crippen LogP contribution in [-0.2, 0) is 14.3 Å². The van der Waals surface area contributed by atoms with E-state index in [1.165, 1.54) is 9.89 Å². The zero-order chi connectivity index (χ0) is 16.9. The summed E-state index contributed by atoms with van der Waals surface area (Å²) in [6.07, 6.45) is 0.733. The van der Waals surface area contributed by atoms with Crippen LogP contribution in [0.2, 0.25) is 0 Å². The maximum Gasteiger partial charge on any atom is 0.267 e. The first-order valence-corrected chi connectivity index (χ1v) is 9.00. The molecule has 24 heavy (non-hydrogen) atoms. The van der Waals surface area contributed by atoms with Gasteiger partial charge in [-0.25, -0.2) is 5.01 Å². The first-order valence-electron chi connectivity index (χ1n) is 8.12. The predicted octanol–water partition coefficient (Wildman–Crippen LogP) is 0.846. The summed E-state index contributed by atoms with van der Waals surface area (Å²) in [6.45, 7) is 3.67. The van der Waals surface area contributed by atoms with Crippen LogP contribution in [0, 0.1) is 0 Å². The Labute approximate surface area is 145 Å². The third-order valence-corrected chi connectivity index (χ3v) is 5.26. The van der Waals surface area contributed by atoms with E-state index < -0.39 is 0 Å². The van der Waals surface area contributed by atoms with Gasteiger partial charge in [-0.3, -0.25) is 14.5 Å². The Morgan fingerprint density at radius 1 is 1.42 bits per heavy atom. The van der Waals surface area contributed by atoms with Gasteiger partial charge in [-0.05, 0) is 11.4 Å². The highest BCUT2D eigenvalue weighted by molar-refractivity contribution is 7.10. The van der Waals surface area contributed by atoms with E-state index in [-0.39, 0.29) is 17.9 Å². The lowest BCUT2D eigenvalue weighted by Crippen LogP contribution is -2.45. The molecule has 3 rings (SSSR count). The van der Waals surface area contributed by atoms with Gasteiger partial charge in [-0.15, -0.1) is 11.3 Å². The molecule has 8 heteroatoms. The van der Waals surface area contributed by atoms with Crippen molar-refractivity contribution in [3.05, 3.63) is 22.4 Å². The van der Waals surface area contributed by atoms with Crippen LogP contribution in [0.3, 0.4) is 0 Å². The second kappa shape index (κ2) is 7.87. The predicted molar refractivity (Wildman–Crippen MR) is 91.9 cm³/mol. The molecule has 0 bridgehead atoms. The van der Waals surface area contributed by atoms with Crippen LogP contribution in [0.4, 0.5) is 0 Å². The highest BCUT2D eigenvalue weighted by Crippen LogP contribution is 2.25. The molecule has 7 nitrogen and oxygen atoms in total. The summed E-state index contributed by atoms with van der Waals surface area (Å²) in [7, 11) is 1.58. The summed E-state index contributed by atoms with van der Waals surface area (Å²) in [6, 6.07) is 4.27. The Bertz CT molecular complexity index is 611. The lowest BCUT2D eigenvalue weighted by Gasteiger charge is -2.34. The topological polar surface area (TPSA) is 74.2 Å². The van der Waals surface area contributed by atoms with Crippen molar-refractivity contribution >= 4 is 28.9 Å². The molecule has 1 N–H and O–H groups in total. The highest BCUT2D eigenvalue weighted by atomic mass is 32.1. The minimum absolute atomic E-state index is 0.0590. The van der Waals surface area contributed by atoms with Crippen LogP contribution < -0.4 is 5.32 Å². The lowest BCUT2D eigenvalue weighted by molar-refractivity contribution is -0.130. The van der Waals surface area contributed by atoms with Crippen molar-refractivity contribution < 1.29 is 14.3 Å². The normalized spacial score (nSPS) is 20.6. The number of carbonyl (C=O) groups excluding carboxylic acids is 2. The number of hydrogen-bond acceptors (Lipinski definition) is 6. The second-order valence-corrected chi connectivity index (χ2v) is 6.83. The molecule has 1 aromatic rings. The van der Waals surface area contributed by atoms with Gasteiger partial charge >= 0.3 is 0 Å². The monoisotopic (exact) mass is 350 g/mol. The molecule has 0 radical (unpaired) electrons. The van der Waals surface area contributed by atoms with Crippen LogP contribution >= 0.6 is 11.3 Å². The minimum atomic E-state index is -0.191. The van der Waals surface area contributed by atoms with Gasteiger partial charge in [0.25, 0.3) is 5.91 Å². The zero-order valence-electron chi connectivity index (χ0n) is 13.7. The zero-order valence-corrected chi connectivity index (χ0v) is 14.6. The summed E-state index contributed by atoms with van der Waals surface area (Å²) in [5.74, 6) is -0.250. The third-order valence-electron chi connectivity index (χ3n) is 4.28. The molecule has 1 unspecified atom stereocenters. The van der Waals surface area contributed by atoms with E-state index in [9.17, 15) is 9.59 Å². The molecule has 130 valence electrons. The maximum absolute atomic E-state index is 12.4. The molecule has 2 aliphatic rings. The smallest absolute Gasteiger partial charge is 0.267 e. The molecular weight excluding hydrogens is 328 g/mol. The van der Waals surface area contributed by atoms with Crippen molar-refractivity contribution in [2.45, 2.75) is 18.9 Å². The van der Waals surface area contributed by atoms with E-state index in [2.05, 4.69) is 26.8 Å². The standard InChI is InChI=1S/C16H22N4O3S/c1-19-15(21)5-4-12(18-19)16(22)17-11-13(14-3-2-10-24-14)20-6-8-23-9-7-20/h2-3,10,13H,4-9,11H2,1H3,(H,17,22). The molecule has 0 aromatic carbocycles. The van der Waals surface area contributed by atoms with Gasteiger partial charge in [0.2, 0.25) is 5.91 Å². The Hall–Kier alpha value is -1.77. The van der Waals surface area contributed by atoms with E-state index in [4.69, 9.17) is 4.74 Å². The molecule has 0 aliphatic carbocycles. The number of hydrogen-bond donors (Lipinski definition) is 1.